The molecule has 0 radical (unpaired) electrons. The molecule has 0 aliphatic carbocycles. The number of piperidine rings is 2. The van der Waals surface area contributed by atoms with Crippen molar-refractivity contribution in [2.75, 3.05) is 26.2 Å². The summed E-state index contributed by atoms with van der Waals surface area (Å²) in [6, 6.07) is 0.730. The molecule has 0 spiro atoms. The molecule has 1 N–H and O–H groups in total. The molecule has 1 amide bonds. The van der Waals surface area contributed by atoms with E-state index < -0.39 is 0 Å². The highest BCUT2D eigenvalue weighted by Crippen LogP contribution is 2.19. The lowest BCUT2D eigenvalue weighted by molar-refractivity contribution is 0.0771. The molecule has 0 aromatic rings. The van der Waals surface area contributed by atoms with Gasteiger partial charge in [0.25, 0.3) is 5.24 Å². The third-order valence-electron chi connectivity index (χ3n) is 3.63. The van der Waals surface area contributed by atoms with Gasteiger partial charge >= 0.3 is 0 Å². The van der Waals surface area contributed by atoms with Gasteiger partial charge in [0, 0.05) is 19.1 Å². The number of carbonyl (C=O) groups is 1. The first-order valence-corrected chi connectivity index (χ1v) is 6.69. The molecule has 2 aliphatic rings. The van der Waals surface area contributed by atoms with Gasteiger partial charge in [-0.25, -0.2) is 5.01 Å². The van der Waals surface area contributed by atoms with Gasteiger partial charge in [0.05, 0.1) is 0 Å². The van der Waals surface area contributed by atoms with Crippen molar-refractivity contribution in [1.82, 2.24) is 15.3 Å². The van der Waals surface area contributed by atoms with Crippen molar-refractivity contribution >= 4 is 17.9 Å². The van der Waals surface area contributed by atoms with Crippen LogP contribution in [0.1, 0.15) is 32.1 Å². The number of nitrogens with zero attached hydrogens (tertiary/aromatic N) is 2. The smallest absolute Gasteiger partial charge is 0.290 e. The fourth-order valence-corrected chi connectivity index (χ4v) is 2.90. The van der Waals surface area contributed by atoms with Gasteiger partial charge in [-0.2, -0.15) is 0 Å². The van der Waals surface area contributed by atoms with Crippen LogP contribution in [0.2, 0.25) is 0 Å². The average Bonchev–Trinajstić information content (AvgIpc) is 2.30. The fourth-order valence-electron chi connectivity index (χ4n) is 2.76. The molecule has 0 atom stereocenters. The van der Waals surface area contributed by atoms with Crippen LogP contribution in [0.4, 0.5) is 4.79 Å². The molecule has 2 fully saturated rings. The van der Waals surface area contributed by atoms with Gasteiger partial charge in [0.15, 0.2) is 0 Å². The van der Waals surface area contributed by atoms with Gasteiger partial charge < -0.3 is 4.90 Å². The van der Waals surface area contributed by atoms with E-state index >= 15 is 0 Å². The van der Waals surface area contributed by atoms with Crippen molar-refractivity contribution in [3.05, 3.63) is 0 Å². The van der Waals surface area contributed by atoms with Crippen LogP contribution in [0.3, 0.4) is 0 Å². The van der Waals surface area contributed by atoms with E-state index in [1.807, 2.05) is 5.01 Å². The first-order valence-electron chi connectivity index (χ1n) is 6.24. The van der Waals surface area contributed by atoms with E-state index in [1.54, 1.807) is 0 Å². The number of rotatable bonds is 2. The Morgan fingerprint density at radius 1 is 1.06 bits per heavy atom. The summed E-state index contributed by atoms with van der Waals surface area (Å²) in [4.78, 5) is 13.4. The number of hydrogen-bond donors (Lipinski definition) is 2. The molecule has 5 heteroatoms. The van der Waals surface area contributed by atoms with E-state index in [0.29, 0.717) is 0 Å². The molecule has 92 valence electrons. The van der Waals surface area contributed by atoms with Crippen LogP contribution in [-0.4, -0.2) is 47.4 Å². The number of hydrazine groups is 1. The van der Waals surface area contributed by atoms with Gasteiger partial charge in [-0.05, 0) is 38.8 Å². The van der Waals surface area contributed by atoms with Gasteiger partial charge in [0.2, 0.25) is 0 Å². The molecular weight excluding hydrogens is 222 g/mol. The van der Waals surface area contributed by atoms with E-state index in [9.17, 15) is 4.79 Å². The Hall–Kier alpha value is -0.260. The molecule has 2 heterocycles. The Morgan fingerprint density at radius 3 is 2.25 bits per heavy atom. The van der Waals surface area contributed by atoms with Crippen LogP contribution in [0, 0.1) is 0 Å². The van der Waals surface area contributed by atoms with Gasteiger partial charge in [-0.3, -0.25) is 10.2 Å². The second-order valence-electron chi connectivity index (χ2n) is 4.73. The second kappa shape index (κ2) is 5.89. The SMILES string of the molecule is O=C(S)NN1CCC(N2CCCCC2)CC1. The summed E-state index contributed by atoms with van der Waals surface area (Å²) in [6.07, 6.45) is 6.42. The zero-order valence-electron chi connectivity index (χ0n) is 9.69. The Morgan fingerprint density at radius 2 is 1.69 bits per heavy atom. The predicted molar refractivity (Wildman–Crippen MR) is 67.5 cm³/mol. The van der Waals surface area contributed by atoms with Crippen LogP contribution in [-0.2, 0) is 0 Å². The van der Waals surface area contributed by atoms with E-state index in [4.69, 9.17) is 0 Å². The molecular formula is C11H21N3OS. The van der Waals surface area contributed by atoms with Crippen molar-refractivity contribution in [2.24, 2.45) is 0 Å². The molecule has 4 nitrogen and oxygen atoms in total. The minimum Gasteiger partial charge on any atom is -0.300 e. The third kappa shape index (κ3) is 3.37. The highest BCUT2D eigenvalue weighted by Gasteiger charge is 2.25. The van der Waals surface area contributed by atoms with Crippen molar-refractivity contribution in [1.29, 1.82) is 0 Å². The van der Waals surface area contributed by atoms with Crippen LogP contribution in [0.25, 0.3) is 0 Å². The molecule has 0 saturated carbocycles. The summed E-state index contributed by atoms with van der Waals surface area (Å²) < 4.78 is 0. The Balaban J connectivity index is 1.73. The van der Waals surface area contributed by atoms with Crippen LogP contribution < -0.4 is 5.43 Å². The molecule has 0 aromatic carbocycles. The van der Waals surface area contributed by atoms with Gasteiger partial charge in [-0.1, -0.05) is 19.0 Å². The molecule has 2 rings (SSSR count). The molecule has 2 aliphatic heterocycles. The summed E-state index contributed by atoms with van der Waals surface area (Å²) in [5, 5.41) is 1.73. The van der Waals surface area contributed by atoms with Crippen molar-refractivity contribution in [3.8, 4) is 0 Å². The summed E-state index contributed by atoms with van der Waals surface area (Å²) in [6.45, 7) is 4.44. The number of carbonyl (C=O) groups excluding carboxylic acids is 1. The Bertz CT molecular complexity index is 235. The van der Waals surface area contributed by atoms with Crippen LogP contribution >= 0.6 is 12.6 Å². The Labute approximate surface area is 103 Å². The van der Waals surface area contributed by atoms with E-state index in [1.165, 1.54) is 32.4 Å². The molecule has 2 saturated heterocycles. The van der Waals surface area contributed by atoms with Gasteiger partial charge in [0.1, 0.15) is 0 Å². The van der Waals surface area contributed by atoms with E-state index in [2.05, 4.69) is 23.0 Å². The van der Waals surface area contributed by atoms with Crippen LogP contribution in [0.15, 0.2) is 0 Å². The fraction of sp³-hybridized carbons (Fsp3) is 0.909. The first kappa shape index (κ1) is 12.2. The number of nitrogens with one attached hydrogen (secondary N) is 1. The van der Waals surface area contributed by atoms with Crippen LogP contribution in [0.5, 0.6) is 0 Å². The van der Waals surface area contributed by atoms with Crippen molar-refractivity contribution in [2.45, 2.75) is 38.1 Å². The monoisotopic (exact) mass is 243 g/mol. The topological polar surface area (TPSA) is 35.6 Å². The second-order valence-corrected chi connectivity index (χ2v) is 5.14. The molecule has 16 heavy (non-hydrogen) atoms. The maximum Gasteiger partial charge on any atom is 0.290 e. The van der Waals surface area contributed by atoms with Crippen molar-refractivity contribution in [3.63, 3.8) is 0 Å². The maximum atomic E-state index is 10.8. The highest BCUT2D eigenvalue weighted by molar-refractivity contribution is 7.96. The number of likely N-dealkylation sites (tertiary alicyclic amines) is 1. The lowest BCUT2D eigenvalue weighted by atomic mass is 10.0. The summed E-state index contributed by atoms with van der Waals surface area (Å²) in [5.41, 5.74) is 2.75. The molecule has 0 bridgehead atoms. The highest BCUT2D eigenvalue weighted by atomic mass is 32.1. The average molecular weight is 243 g/mol. The van der Waals surface area contributed by atoms with Gasteiger partial charge in [-0.15, -0.1) is 0 Å². The lowest BCUT2D eigenvalue weighted by Crippen LogP contribution is -2.51. The zero-order valence-corrected chi connectivity index (χ0v) is 10.6. The number of hydrogen-bond acceptors (Lipinski definition) is 3. The number of amides is 1. The number of thiol groups is 1. The third-order valence-corrected chi connectivity index (χ3v) is 3.73. The quantitative estimate of drug-likeness (QED) is 0.721. The minimum absolute atomic E-state index is 0.253. The summed E-state index contributed by atoms with van der Waals surface area (Å²) >= 11 is 3.73. The summed E-state index contributed by atoms with van der Waals surface area (Å²) in [5.74, 6) is 0. The molecule has 0 unspecified atom stereocenters. The zero-order chi connectivity index (χ0) is 11.4. The normalized spacial score (nSPS) is 25.6. The summed E-state index contributed by atoms with van der Waals surface area (Å²) in [7, 11) is 0. The van der Waals surface area contributed by atoms with E-state index in [0.717, 1.165) is 32.0 Å². The molecule has 0 aromatic heterocycles. The maximum absolute atomic E-state index is 10.8. The standard InChI is InChI=1S/C11H21N3OS/c15-11(16)12-14-8-4-10(5-9-14)13-6-2-1-3-7-13/h10H,1-9H2,(H2,12,15,16). The minimum atomic E-state index is -0.253. The largest absolute Gasteiger partial charge is 0.300 e. The van der Waals surface area contributed by atoms with E-state index in [-0.39, 0.29) is 5.24 Å². The first-order chi connectivity index (χ1) is 7.75. The van der Waals surface area contributed by atoms with Crippen molar-refractivity contribution < 1.29 is 4.79 Å². The Kier molecular flexibility index (Phi) is 4.49. The lowest BCUT2D eigenvalue weighted by Gasteiger charge is -2.39. The predicted octanol–water partition coefficient (Wildman–Crippen LogP) is 1.49.